The minimum absolute atomic E-state index is 0.247. The molecule has 0 bridgehead atoms. The van der Waals surface area contributed by atoms with Crippen LogP contribution >= 0.6 is 11.8 Å². The molecular weight excluding hydrogens is 248 g/mol. The SMILES string of the molecule is O=C(CSC1CCNCC1)N1CCC(CCO)C1. The van der Waals surface area contributed by atoms with Crippen LogP contribution in [0.2, 0.25) is 0 Å². The van der Waals surface area contributed by atoms with Crippen LogP contribution in [-0.2, 0) is 4.79 Å². The summed E-state index contributed by atoms with van der Waals surface area (Å²) in [5.41, 5.74) is 0. The molecule has 0 saturated carbocycles. The molecule has 0 aromatic carbocycles. The number of carbonyl (C=O) groups is 1. The van der Waals surface area contributed by atoms with Crippen molar-refractivity contribution in [1.29, 1.82) is 0 Å². The number of aliphatic hydroxyl groups excluding tert-OH is 1. The Labute approximate surface area is 113 Å². The molecule has 1 amide bonds. The summed E-state index contributed by atoms with van der Waals surface area (Å²) in [6.07, 6.45) is 4.27. The van der Waals surface area contributed by atoms with Crippen molar-refractivity contribution in [3.63, 3.8) is 0 Å². The summed E-state index contributed by atoms with van der Waals surface area (Å²) in [5, 5.41) is 12.9. The lowest BCUT2D eigenvalue weighted by Crippen LogP contribution is -2.33. The van der Waals surface area contributed by atoms with Gasteiger partial charge in [0.25, 0.3) is 0 Å². The maximum Gasteiger partial charge on any atom is 0.232 e. The second kappa shape index (κ2) is 7.36. The Morgan fingerprint density at radius 1 is 1.33 bits per heavy atom. The standard InChI is InChI=1S/C13H24N2O2S/c16-8-4-11-3-7-15(9-11)13(17)10-18-12-1-5-14-6-2-12/h11-12,14,16H,1-10H2. The average Bonchev–Trinajstić information content (AvgIpc) is 2.86. The fourth-order valence-electron chi connectivity index (χ4n) is 2.72. The van der Waals surface area contributed by atoms with Gasteiger partial charge in [0.15, 0.2) is 0 Å². The summed E-state index contributed by atoms with van der Waals surface area (Å²) in [6.45, 7) is 4.17. The molecular formula is C13H24N2O2S. The van der Waals surface area contributed by atoms with Crippen molar-refractivity contribution >= 4 is 17.7 Å². The van der Waals surface area contributed by atoms with Crippen LogP contribution < -0.4 is 5.32 Å². The maximum absolute atomic E-state index is 12.1. The van der Waals surface area contributed by atoms with Gasteiger partial charge in [0.05, 0.1) is 5.75 Å². The fraction of sp³-hybridized carbons (Fsp3) is 0.923. The van der Waals surface area contributed by atoms with E-state index >= 15 is 0 Å². The van der Waals surface area contributed by atoms with Gasteiger partial charge in [-0.05, 0) is 44.7 Å². The molecule has 0 radical (unpaired) electrons. The number of nitrogens with zero attached hydrogens (tertiary/aromatic N) is 1. The smallest absolute Gasteiger partial charge is 0.232 e. The third kappa shape index (κ3) is 4.14. The van der Waals surface area contributed by atoms with Gasteiger partial charge in [-0.25, -0.2) is 0 Å². The molecule has 2 N–H and O–H groups in total. The molecule has 5 heteroatoms. The van der Waals surface area contributed by atoms with E-state index in [1.165, 1.54) is 12.8 Å². The molecule has 2 fully saturated rings. The van der Waals surface area contributed by atoms with E-state index in [0.29, 0.717) is 22.8 Å². The number of carbonyl (C=O) groups excluding carboxylic acids is 1. The van der Waals surface area contributed by atoms with E-state index in [0.717, 1.165) is 39.0 Å². The van der Waals surface area contributed by atoms with Gasteiger partial charge in [-0.1, -0.05) is 0 Å². The van der Waals surface area contributed by atoms with Crippen molar-refractivity contribution in [2.45, 2.75) is 30.9 Å². The first-order valence-corrected chi connectivity index (χ1v) is 8.05. The second-order valence-electron chi connectivity index (χ2n) is 5.27. The van der Waals surface area contributed by atoms with Crippen LogP contribution in [0, 0.1) is 5.92 Å². The van der Waals surface area contributed by atoms with Gasteiger partial charge < -0.3 is 15.3 Å². The molecule has 2 heterocycles. The molecule has 0 spiro atoms. The molecule has 0 aromatic rings. The van der Waals surface area contributed by atoms with Crippen LogP contribution in [0.3, 0.4) is 0 Å². The summed E-state index contributed by atoms with van der Waals surface area (Å²) in [6, 6.07) is 0. The van der Waals surface area contributed by atoms with Crippen molar-refractivity contribution in [1.82, 2.24) is 10.2 Å². The number of rotatable bonds is 5. The quantitative estimate of drug-likeness (QED) is 0.774. The molecule has 1 atom stereocenters. The Hall–Kier alpha value is -0.260. The Bertz CT molecular complexity index is 270. The predicted molar refractivity (Wildman–Crippen MR) is 74.7 cm³/mol. The number of nitrogens with one attached hydrogen (secondary N) is 1. The lowest BCUT2D eigenvalue weighted by Gasteiger charge is -2.23. The Balaban J connectivity index is 1.65. The number of hydrogen-bond acceptors (Lipinski definition) is 4. The number of likely N-dealkylation sites (tertiary alicyclic amines) is 1. The van der Waals surface area contributed by atoms with Crippen LogP contribution in [0.1, 0.15) is 25.7 Å². The van der Waals surface area contributed by atoms with E-state index in [2.05, 4.69) is 5.32 Å². The van der Waals surface area contributed by atoms with E-state index in [-0.39, 0.29) is 6.61 Å². The van der Waals surface area contributed by atoms with Crippen LogP contribution in [0.25, 0.3) is 0 Å². The van der Waals surface area contributed by atoms with Crippen molar-refractivity contribution in [3.8, 4) is 0 Å². The monoisotopic (exact) mass is 272 g/mol. The van der Waals surface area contributed by atoms with Gasteiger partial charge in [0.1, 0.15) is 0 Å². The zero-order chi connectivity index (χ0) is 12.8. The summed E-state index contributed by atoms with van der Waals surface area (Å²) in [4.78, 5) is 14.0. The van der Waals surface area contributed by atoms with Crippen molar-refractivity contribution in [2.75, 3.05) is 38.5 Å². The van der Waals surface area contributed by atoms with Gasteiger partial charge in [0.2, 0.25) is 5.91 Å². The van der Waals surface area contributed by atoms with Gasteiger partial charge in [-0.15, -0.1) is 11.8 Å². The molecule has 2 aliphatic rings. The normalized spacial score (nSPS) is 25.6. The first-order valence-electron chi connectivity index (χ1n) is 7.00. The fourth-order valence-corrected chi connectivity index (χ4v) is 3.85. The van der Waals surface area contributed by atoms with Crippen molar-refractivity contribution in [2.24, 2.45) is 5.92 Å². The molecule has 0 aliphatic carbocycles. The van der Waals surface area contributed by atoms with Gasteiger partial charge in [0, 0.05) is 24.9 Å². The molecule has 0 aromatic heterocycles. The Morgan fingerprint density at radius 3 is 2.83 bits per heavy atom. The molecule has 2 rings (SSSR count). The summed E-state index contributed by atoms with van der Waals surface area (Å²) in [5.74, 6) is 1.44. The molecule has 1 unspecified atom stereocenters. The molecule has 4 nitrogen and oxygen atoms in total. The van der Waals surface area contributed by atoms with E-state index in [1.807, 2.05) is 16.7 Å². The van der Waals surface area contributed by atoms with Gasteiger partial charge >= 0.3 is 0 Å². The second-order valence-corrected chi connectivity index (χ2v) is 6.56. The molecule has 18 heavy (non-hydrogen) atoms. The first-order chi connectivity index (χ1) is 8.79. The summed E-state index contributed by atoms with van der Waals surface area (Å²) < 4.78 is 0. The van der Waals surface area contributed by atoms with Crippen molar-refractivity contribution in [3.05, 3.63) is 0 Å². The number of aliphatic hydroxyl groups is 1. The number of hydrogen-bond donors (Lipinski definition) is 2. The van der Waals surface area contributed by atoms with E-state index in [4.69, 9.17) is 5.11 Å². The zero-order valence-electron chi connectivity index (χ0n) is 10.9. The summed E-state index contributed by atoms with van der Waals surface area (Å²) in [7, 11) is 0. The highest BCUT2D eigenvalue weighted by Gasteiger charge is 2.26. The largest absolute Gasteiger partial charge is 0.396 e. The van der Waals surface area contributed by atoms with Gasteiger partial charge in [-0.3, -0.25) is 4.79 Å². The molecule has 104 valence electrons. The van der Waals surface area contributed by atoms with E-state index in [9.17, 15) is 4.79 Å². The van der Waals surface area contributed by atoms with Crippen LogP contribution in [0.4, 0.5) is 0 Å². The minimum Gasteiger partial charge on any atom is -0.396 e. The number of thioether (sulfide) groups is 1. The van der Waals surface area contributed by atoms with Gasteiger partial charge in [-0.2, -0.15) is 0 Å². The Morgan fingerprint density at radius 2 is 2.11 bits per heavy atom. The zero-order valence-corrected chi connectivity index (χ0v) is 11.8. The summed E-state index contributed by atoms with van der Waals surface area (Å²) >= 11 is 1.83. The Kier molecular flexibility index (Phi) is 5.79. The highest BCUT2D eigenvalue weighted by atomic mass is 32.2. The lowest BCUT2D eigenvalue weighted by molar-refractivity contribution is -0.127. The maximum atomic E-state index is 12.1. The third-order valence-electron chi connectivity index (χ3n) is 3.90. The van der Waals surface area contributed by atoms with Crippen molar-refractivity contribution < 1.29 is 9.90 Å². The highest BCUT2D eigenvalue weighted by molar-refractivity contribution is 8.00. The number of piperidine rings is 1. The average molecular weight is 272 g/mol. The first kappa shape index (κ1) is 14.2. The molecule has 2 saturated heterocycles. The topological polar surface area (TPSA) is 52.6 Å². The third-order valence-corrected chi connectivity index (χ3v) is 5.26. The van der Waals surface area contributed by atoms with Crippen LogP contribution in [0.5, 0.6) is 0 Å². The lowest BCUT2D eigenvalue weighted by atomic mass is 10.1. The van der Waals surface area contributed by atoms with E-state index < -0.39 is 0 Å². The minimum atomic E-state index is 0.247. The van der Waals surface area contributed by atoms with Crippen LogP contribution in [0.15, 0.2) is 0 Å². The number of amides is 1. The predicted octanol–water partition coefficient (Wildman–Crippen LogP) is 0.703. The van der Waals surface area contributed by atoms with E-state index in [1.54, 1.807) is 0 Å². The van der Waals surface area contributed by atoms with Crippen LogP contribution in [-0.4, -0.2) is 59.7 Å². The highest BCUT2D eigenvalue weighted by Crippen LogP contribution is 2.23. The molecule has 2 aliphatic heterocycles.